The Bertz CT molecular complexity index is 903. The standard InChI is InChI=1S/C16H13FN4O2S/c17-11-4-2-1-3-9(11)6-14(22)21-16-20-13(8-24-16)10-5-12(15(18)23)19-7-10/h1-5,7-8,19H,6H2,(H2,18,23)(H,20,21,22). The number of nitrogens with two attached hydrogens (primary N) is 1. The molecule has 0 bridgehead atoms. The maximum Gasteiger partial charge on any atom is 0.265 e. The summed E-state index contributed by atoms with van der Waals surface area (Å²) in [6.07, 6.45) is 1.54. The average Bonchev–Trinajstić information content (AvgIpc) is 3.18. The smallest absolute Gasteiger partial charge is 0.265 e. The predicted octanol–water partition coefficient (Wildman–Crippen LogP) is 2.56. The van der Waals surface area contributed by atoms with Gasteiger partial charge in [0.05, 0.1) is 12.1 Å². The van der Waals surface area contributed by atoms with Gasteiger partial charge in [-0.1, -0.05) is 18.2 Å². The molecule has 2 amide bonds. The normalized spacial score (nSPS) is 10.5. The Labute approximate surface area is 140 Å². The number of benzene rings is 1. The second-order valence-corrected chi connectivity index (χ2v) is 5.88. The Kier molecular flexibility index (Phi) is 4.39. The van der Waals surface area contributed by atoms with Gasteiger partial charge in [0.15, 0.2) is 5.13 Å². The number of aromatic amines is 1. The van der Waals surface area contributed by atoms with Gasteiger partial charge in [0.1, 0.15) is 11.5 Å². The molecular formula is C16H13FN4O2S. The number of rotatable bonds is 5. The molecule has 0 saturated heterocycles. The van der Waals surface area contributed by atoms with E-state index in [-0.39, 0.29) is 18.0 Å². The number of hydrogen-bond acceptors (Lipinski definition) is 4. The van der Waals surface area contributed by atoms with E-state index in [1.165, 1.54) is 17.4 Å². The van der Waals surface area contributed by atoms with Crippen LogP contribution in [0.1, 0.15) is 16.1 Å². The van der Waals surface area contributed by atoms with Crippen molar-refractivity contribution in [3.63, 3.8) is 0 Å². The first-order chi connectivity index (χ1) is 11.5. The third kappa shape index (κ3) is 3.49. The molecule has 0 unspecified atom stereocenters. The lowest BCUT2D eigenvalue weighted by molar-refractivity contribution is -0.115. The highest BCUT2D eigenvalue weighted by Gasteiger charge is 2.12. The van der Waals surface area contributed by atoms with E-state index < -0.39 is 11.7 Å². The summed E-state index contributed by atoms with van der Waals surface area (Å²) in [5.74, 6) is -1.33. The van der Waals surface area contributed by atoms with Crippen LogP contribution in [-0.4, -0.2) is 21.8 Å². The summed E-state index contributed by atoms with van der Waals surface area (Å²) in [7, 11) is 0. The molecule has 0 atom stereocenters. The van der Waals surface area contributed by atoms with Crippen molar-refractivity contribution in [2.45, 2.75) is 6.42 Å². The van der Waals surface area contributed by atoms with Gasteiger partial charge < -0.3 is 16.0 Å². The SMILES string of the molecule is NC(=O)c1cc(-c2csc(NC(=O)Cc3ccccc3F)n2)c[nH]1. The highest BCUT2D eigenvalue weighted by Crippen LogP contribution is 2.25. The minimum Gasteiger partial charge on any atom is -0.364 e. The number of carbonyl (C=O) groups excluding carboxylic acids is 2. The monoisotopic (exact) mass is 344 g/mol. The highest BCUT2D eigenvalue weighted by atomic mass is 32.1. The molecular weight excluding hydrogens is 331 g/mol. The molecule has 24 heavy (non-hydrogen) atoms. The molecule has 0 spiro atoms. The van der Waals surface area contributed by atoms with E-state index in [2.05, 4.69) is 15.3 Å². The number of amides is 2. The second kappa shape index (κ2) is 6.63. The molecule has 0 aliphatic heterocycles. The molecule has 0 radical (unpaired) electrons. The Morgan fingerprint density at radius 2 is 2.12 bits per heavy atom. The fourth-order valence-corrected chi connectivity index (χ4v) is 2.86. The van der Waals surface area contributed by atoms with Crippen LogP contribution in [-0.2, 0) is 11.2 Å². The molecule has 6 nitrogen and oxygen atoms in total. The number of aromatic nitrogens is 2. The van der Waals surface area contributed by atoms with Crippen molar-refractivity contribution in [2.24, 2.45) is 5.73 Å². The summed E-state index contributed by atoms with van der Waals surface area (Å²) >= 11 is 1.24. The molecule has 8 heteroatoms. The minimum atomic E-state index is -0.560. The lowest BCUT2D eigenvalue weighted by Crippen LogP contribution is -2.15. The van der Waals surface area contributed by atoms with Gasteiger partial charge in [-0.2, -0.15) is 0 Å². The Hall–Kier alpha value is -3.00. The number of carbonyl (C=O) groups is 2. The number of halogens is 1. The van der Waals surface area contributed by atoms with Crippen molar-refractivity contribution in [3.05, 3.63) is 59.0 Å². The van der Waals surface area contributed by atoms with E-state index in [1.54, 1.807) is 35.8 Å². The lowest BCUT2D eigenvalue weighted by atomic mass is 10.1. The summed E-state index contributed by atoms with van der Waals surface area (Å²) in [5.41, 5.74) is 7.08. The van der Waals surface area contributed by atoms with E-state index in [0.29, 0.717) is 22.0 Å². The number of hydrogen-bond donors (Lipinski definition) is 3. The number of nitrogens with one attached hydrogen (secondary N) is 2. The minimum absolute atomic E-state index is 0.0719. The molecule has 0 aliphatic rings. The topological polar surface area (TPSA) is 101 Å². The number of H-pyrrole nitrogens is 1. The first kappa shape index (κ1) is 15.9. The van der Waals surface area contributed by atoms with Crippen LogP contribution >= 0.6 is 11.3 Å². The van der Waals surface area contributed by atoms with Crippen LogP contribution in [0, 0.1) is 5.82 Å². The fourth-order valence-electron chi connectivity index (χ4n) is 2.13. The van der Waals surface area contributed by atoms with Crippen LogP contribution in [0.5, 0.6) is 0 Å². The molecule has 3 aromatic rings. The third-order valence-electron chi connectivity index (χ3n) is 3.30. The Morgan fingerprint density at radius 1 is 1.33 bits per heavy atom. The van der Waals surface area contributed by atoms with Crippen molar-refractivity contribution in [2.75, 3.05) is 5.32 Å². The maximum atomic E-state index is 13.5. The van der Waals surface area contributed by atoms with Crippen LogP contribution in [0.3, 0.4) is 0 Å². The van der Waals surface area contributed by atoms with Crippen molar-refractivity contribution in [1.82, 2.24) is 9.97 Å². The molecule has 4 N–H and O–H groups in total. The maximum absolute atomic E-state index is 13.5. The molecule has 1 aromatic carbocycles. The molecule has 2 aromatic heterocycles. The van der Waals surface area contributed by atoms with Crippen molar-refractivity contribution >= 4 is 28.3 Å². The largest absolute Gasteiger partial charge is 0.364 e. The molecule has 3 rings (SSSR count). The van der Waals surface area contributed by atoms with Crippen LogP contribution in [0.2, 0.25) is 0 Å². The first-order valence-corrected chi connectivity index (χ1v) is 7.88. The second-order valence-electron chi connectivity index (χ2n) is 5.02. The van der Waals surface area contributed by atoms with Gasteiger partial charge in [-0.15, -0.1) is 11.3 Å². The average molecular weight is 344 g/mol. The van der Waals surface area contributed by atoms with Crippen molar-refractivity contribution < 1.29 is 14.0 Å². The highest BCUT2D eigenvalue weighted by molar-refractivity contribution is 7.14. The van der Waals surface area contributed by atoms with Crippen LogP contribution in [0.4, 0.5) is 9.52 Å². The summed E-state index contributed by atoms with van der Waals surface area (Å²) < 4.78 is 13.5. The molecule has 122 valence electrons. The fraction of sp³-hybridized carbons (Fsp3) is 0.0625. The molecule has 0 fully saturated rings. The summed E-state index contributed by atoms with van der Waals surface area (Å²) in [6.45, 7) is 0. The van der Waals surface area contributed by atoms with Gasteiger partial charge in [-0.25, -0.2) is 9.37 Å². The number of thiazole rings is 1. The van der Waals surface area contributed by atoms with Gasteiger partial charge in [0, 0.05) is 17.1 Å². The predicted molar refractivity (Wildman–Crippen MR) is 89.2 cm³/mol. The van der Waals surface area contributed by atoms with Crippen molar-refractivity contribution in [3.8, 4) is 11.3 Å². The van der Waals surface area contributed by atoms with E-state index in [1.807, 2.05) is 0 Å². The summed E-state index contributed by atoms with van der Waals surface area (Å²) in [5, 5.41) is 4.78. The van der Waals surface area contributed by atoms with Gasteiger partial charge in [-0.05, 0) is 17.7 Å². The molecule has 0 saturated carbocycles. The van der Waals surface area contributed by atoms with E-state index >= 15 is 0 Å². The van der Waals surface area contributed by atoms with E-state index in [0.717, 1.165) is 0 Å². The Morgan fingerprint density at radius 3 is 2.83 bits per heavy atom. The van der Waals surface area contributed by atoms with Gasteiger partial charge in [0.2, 0.25) is 5.91 Å². The zero-order valence-electron chi connectivity index (χ0n) is 12.4. The van der Waals surface area contributed by atoms with E-state index in [4.69, 9.17) is 5.73 Å². The van der Waals surface area contributed by atoms with Crippen LogP contribution in [0.25, 0.3) is 11.3 Å². The molecule has 0 aliphatic carbocycles. The summed E-state index contributed by atoms with van der Waals surface area (Å²) in [4.78, 5) is 30.1. The number of anilines is 1. The first-order valence-electron chi connectivity index (χ1n) is 7.00. The zero-order valence-corrected chi connectivity index (χ0v) is 13.2. The van der Waals surface area contributed by atoms with Gasteiger partial charge in [0.25, 0.3) is 5.91 Å². The number of primary amides is 1. The lowest BCUT2D eigenvalue weighted by Gasteiger charge is -2.03. The van der Waals surface area contributed by atoms with Crippen LogP contribution in [0.15, 0.2) is 41.9 Å². The Balaban J connectivity index is 1.68. The van der Waals surface area contributed by atoms with Gasteiger partial charge in [-0.3, -0.25) is 9.59 Å². The van der Waals surface area contributed by atoms with E-state index in [9.17, 15) is 14.0 Å². The van der Waals surface area contributed by atoms with Gasteiger partial charge >= 0.3 is 0 Å². The zero-order chi connectivity index (χ0) is 17.1. The quantitative estimate of drug-likeness (QED) is 0.663. The van der Waals surface area contributed by atoms with Crippen LogP contribution < -0.4 is 11.1 Å². The number of nitrogens with zero attached hydrogens (tertiary/aromatic N) is 1. The third-order valence-corrected chi connectivity index (χ3v) is 4.06. The van der Waals surface area contributed by atoms with Crippen molar-refractivity contribution in [1.29, 1.82) is 0 Å². The molecule has 2 heterocycles. The summed E-state index contributed by atoms with van der Waals surface area (Å²) in [6, 6.07) is 7.71.